The first-order chi connectivity index (χ1) is 7.86. The van der Waals surface area contributed by atoms with Gasteiger partial charge in [0.1, 0.15) is 5.69 Å². The third-order valence-electron chi connectivity index (χ3n) is 1.91. The number of nitrogens with zero attached hydrogens (tertiary/aromatic N) is 1. The first kappa shape index (κ1) is 10.8. The van der Waals surface area contributed by atoms with Crippen molar-refractivity contribution in [1.29, 1.82) is 0 Å². The first-order valence-electron chi connectivity index (χ1n) is 4.70. The van der Waals surface area contributed by atoms with Crippen LogP contribution in [0.25, 0.3) is 0 Å². The number of hydroxylamine groups is 1. The molecule has 1 heterocycles. The van der Waals surface area contributed by atoms with Gasteiger partial charge >= 0.3 is 0 Å². The van der Waals surface area contributed by atoms with E-state index < -0.39 is 0 Å². The van der Waals surface area contributed by atoms with Crippen LogP contribution in [-0.2, 0) is 11.4 Å². The van der Waals surface area contributed by atoms with Gasteiger partial charge in [0.05, 0.1) is 12.1 Å². The summed E-state index contributed by atoms with van der Waals surface area (Å²) >= 11 is 1.37. The summed E-state index contributed by atoms with van der Waals surface area (Å²) in [6.45, 7) is 0.344. The van der Waals surface area contributed by atoms with Gasteiger partial charge in [0, 0.05) is 5.38 Å². The number of amides is 1. The van der Waals surface area contributed by atoms with Crippen LogP contribution in [0.2, 0.25) is 0 Å². The Kier molecular flexibility index (Phi) is 3.63. The topological polar surface area (TPSA) is 51.2 Å². The summed E-state index contributed by atoms with van der Waals surface area (Å²) in [5.41, 5.74) is 5.32. The summed E-state index contributed by atoms with van der Waals surface area (Å²) in [7, 11) is 0. The highest BCUT2D eigenvalue weighted by Crippen LogP contribution is 2.02. The third kappa shape index (κ3) is 2.88. The third-order valence-corrected chi connectivity index (χ3v) is 2.50. The lowest BCUT2D eigenvalue weighted by molar-refractivity contribution is 0.0230. The molecule has 0 bridgehead atoms. The fourth-order valence-corrected chi connectivity index (χ4v) is 1.67. The number of hydrogen-bond donors (Lipinski definition) is 1. The number of hydrogen-bond acceptors (Lipinski definition) is 4. The van der Waals surface area contributed by atoms with Gasteiger partial charge in [-0.15, -0.1) is 11.3 Å². The van der Waals surface area contributed by atoms with Crippen molar-refractivity contribution in [1.82, 2.24) is 10.5 Å². The minimum atomic E-state index is -0.322. The molecule has 0 radical (unpaired) electrons. The summed E-state index contributed by atoms with van der Waals surface area (Å²) in [5, 5.41) is 1.67. The summed E-state index contributed by atoms with van der Waals surface area (Å²) < 4.78 is 0. The van der Waals surface area contributed by atoms with Gasteiger partial charge in [0.15, 0.2) is 0 Å². The van der Waals surface area contributed by atoms with Crippen LogP contribution in [0.3, 0.4) is 0 Å². The molecule has 1 N–H and O–H groups in total. The highest BCUT2D eigenvalue weighted by atomic mass is 32.1. The average Bonchev–Trinajstić information content (AvgIpc) is 2.84. The Hall–Kier alpha value is -1.72. The maximum Gasteiger partial charge on any atom is 0.294 e. The van der Waals surface area contributed by atoms with Crippen LogP contribution in [0, 0.1) is 0 Å². The van der Waals surface area contributed by atoms with Crippen LogP contribution < -0.4 is 5.48 Å². The second kappa shape index (κ2) is 5.39. The second-order valence-corrected chi connectivity index (χ2v) is 3.80. The van der Waals surface area contributed by atoms with Gasteiger partial charge in [-0.05, 0) is 5.56 Å². The van der Waals surface area contributed by atoms with E-state index in [2.05, 4.69) is 10.5 Å². The van der Waals surface area contributed by atoms with E-state index in [1.54, 1.807) is 10.9 Å². The van der Waals surface area contributed by atoms with Gasteiger partial charge in [-0.1, -0.05) is 30.3 Å². The van der Waals surface area contributed by atoms with E-state index in [1.165, 1.54) is 11.3 Å². The van der Waals surface area contributed by atoms with E-state index in [9.17, 15) is 4.79 Å². The Morgan fingerprint density at radius 3 is 2.88 bits per heavy atom. The molecule has 0 unspecified atom stereocenters. The number of aromatic nitrogens is 1. The van der Waals surface area contributed by atoms with Crippen molar-refractivity contribution in [3.8, 4) is 0 Å². The Morgan fingerprint density at radius 1 is 1.38 bits per heavy atom. The fourth-order valence-electron chi connectivity index (χ4n) is 1.14. The molecule has 82 valence electrons. The van der Waals surface area contributed by atoms with Crippen molar-refractivity contribution in [2.75, 3.05) is 0 Å². The Bertz CT molecular complexity index is 442. The predicted octanol–water partition coefficient (Wildman–Crippen LogP) is 2.00. The van der Waals surface area contributed by atoms with Crippen LogP contribution in [-0.4, -0.2) is 10.9 Å². The van der Waals surface area contributed by atoms with Crippen molar-refractivity contribution in [3.05, 3.63) is 52.5 Å². The van der Waals surface area contributed by atoms with E-state index >= 15 is 0 Å². The Morgan fingerprint density at radius 2 is 2.19 bits per heavy atom. The zero-order chi connectivity index (χ0) is 11.2. The predicted molar refractivity (Wildman–Crippen MR) is 60.8 cm³/mol. The number of nitrogens with one attached hydrogen (secondary N) is 1. The van der Waals surface area contributed by atoms with Gasteiger partial charge < -0.3 is 0 Å². The molecule has 16 heavy (non-hydrogen) atoms. The number of carbonyl (C=O) groups excluding carboxylic acids is 1. The maximum atomic E-state index is 11.4. The molecule has 1 amide bonds. The molecule has 4 nitrogen and oxygen atoms in total. The molecule has 0 fully saturated rings. The summed E-state index contributed by atoms with van der Waals surface area (Å²) in [5.74, 6) is -0.322. The molecule has 2 aromatic rings. The normalized spacial score (nSPS) is 10.0. The molecule has 0 aliphatic rings. The van der Waals surface area contributed by atoms with Crippen molar-refractivity contribution in [2.45, 2.75) is 6.61 Å². The van der Waals surface area contributed by atoms with Crippen LogP contribution in [0.5, 0.6) is 0 Å². The van der Waals surface area contributed by atoms with Gasteiger partial charge in [-0.3, -0.25) is 9.63 Å². The number of carbonyl (C=O) groups is 1. The number of benzene rings is 1. The zero-order valence-electron chi connectivity index (χ0n) is 8.42. The van der Waals surface area contributed by atoms with Crippen LogP contribution in [0.1, 0.15) is 16.1 Å². The standard InChI is InChI=1S/C11H10N2O2S/c14-11(10-7-16-8-12-10)13-15-6-9-4-2-1-3-5-9/h1-5,7-8H,6H2,(H,13,14). The lowest BCUT2D eigenvalue weighted by Crippen LogP contribution is -2.23. The molecular weight excluding hydrogens is 224 g/mol. The quantitative estimate of drug-likeness (QED) is 0.823. The number of rotatable bonds is 4. The van der Waals surface area contributed by atoms with Crippen molar-refractivity contribution in [2.24, 2.45) is 0 Å². The van der Waals surface area contributed by atoms with Crippen LogP contribution >= 0.6 is 11.3 Å². The van der Waals surface area contributed by atoms with Gasteiger partial charge in [0.25, 0.3) is 5.91 Å². The fraction of sp³-hybridized carbons (Fsp3) is 0.0909. The SMILES string of the molecule is O=C(NOCc1ccccc1)c1cscn1. The van der Waals surface area contributed by atoms with Crippen LogP contribution in [0.15, 0.2) is 41.2 Å². The zero-order valence-corrected chi connectivity index (χ0v) is 9.24. The lowest BCUT2D eigenvalue weighted by atomic mass is 10.2. The highest BCUT2D eigenvalue weighted by Gasteiger charge is 2.06. The van der Waals surface area contributed by atoms with Crippen molar-refractivity contribution < 1.29 is 9.63 Å². The van der Waals surface area contributed by atoms with E-state index in [4.69, 9.17) is 4.84 Å². The maximum absolute atomic E-state index is 11.4. The molecule has 0 spiro atoms. The van der Waals surface area contributed by atoms with Crippen molar-refractivity contribution in [3.63, 3.8) is 0 Å². The first-order valence-corrected chi connectivity index (χ1v) is 5.65. The molecule has 2 rings (SSSR count). The van der Waals surface area contributed by atoms with E-state index in [0.717, 1.165) is 5.56 Å². The lowest BCUT2D eigenvalue weighted by Gasteiger charge is -2.03. The minimum absolute atomic E-state index is 0.322. The van der Waals surface area contributed by atoms with Crippen LogP contribution in [0.4, 0.5) is 0 Å². The molecule has 0 atom stereocenters. The minimum Gasteiger partial charge on any atom is -0.269 e. The summed E-state index contributed by atoms with van der Waals surface area (Å²) in [4.78, 5) is 20.3. The van der Waals surface area contributed by atoms with E-state index in [1.807, 2.05) is 30.3 Å². The Balaban J connectivity index is 1.79. The summed E-state index contributed by atoms with van der Waals surface area (Å²) in [6.07, 6.45) is 0. The molecule has 1 aromatic heterocycles. The van der Waals surface area contributed by atoms with Gasteiger partial charge in [-0.25, -0.2) is 10.5 Å². The monoisotopic (exact) mass is 234 g/mol. The Labute approximate surface area is 96.9 Å². The molecule has 0 aliphatic heterocycles. The molecule has 0 aliphatic carbocycles. The molecule has 5 heteroatoms. The molecule has 0 saturated carbocycles. The number of thiazole rings is 1. The van der Waals surface area contributed by atoms with Gasteiger partial charge in [-0.2, -0.15) is 0 Å². The average molecular weight is 234 g/mol. The largest absolute Gasteiger partial charge is 0.294 e. The second-order valence-electron chi connectivity index (χ2n) is 3.08. The highest BCUT2D eigenvalue weighted by molar-refractivity contribution is 7.07. The van der Waals surface area contributed by atoms with Gasteiger partial charge in [0.2, 0.25) is 0 Å². The van der Waals surface area contributed by atoms with Crippen molar-refractivity contribution >= 4 is 17.2 Å². The van der Waals surface area contributed by atoms with E-state index in [-0.39, 0.29) is 5.91 Å². The molecular formula is C11H10N2O2S. The smallest absolute Gasteiger partial charge is 0.269 e. The summed E-state index contributed by atoms with van der Waals surface area (Å²) in [6, 6.07) is 9.61. The molecule has 1 aromatic carbocycles. The molecule has 0 saturated heterocycles. The van der Waals surface area contributed by atoms with E-state index in [0.29, 0.717) is 12.3 Å².